The number of rotatable bonds is 5. The Labute approximate surface area is 189 Å². The molecule has 10 heteroatoms. The molecule has 0 bridgehead atoms. The molecule has 1 aliphatic carbocycles. The minimum absolute atomic E-state index is 0.152. The molecule has 0 atom stereocenters. The van der Waals surface area contributed by atoms with Gasteiger partial charge in [-0.05, 0) is 38.3 Å². The van der Waals surface area contributed by atoms with Crippen molar-refractivity contribution in [2.75, 3.05) is 6.54 Å². The molecule has 0 saturated heterocycles. The van der Waals surface area contributed by atoms with Crippen molar-refractivity contribution in [2.24, 2.45) is 0 Å². The van der Waals surface area contributed by atoms with Gasteiger partial charge in [-0.3, -0.25) is 14.8 Å². The maximum absolute atomic E-state index is 13.8. The first-order chi connectivity index (χ1) is 15.7. The molecule has 33 heavy (non-hydrogen) atoms. The lowest BCUT2D eigenvalue weighted by atomic mass is 9.70. The van der Waals surface area contributed by atoms with Gasteiger partial charge in [-0.15, -0.1) is 0 Å². The first kappa shape index (κ1) is 22.9. The number of aromatic nitrogens is 5. The number of nitrogens with one attached hydrogen (secondary N) is 1. The summed E-state index contributed by atoms with van der Waals surface area (Å²) in [6, 6.07) is 3.80. The van der Waals surface area contributed by atoms with Gasteiger partial charge in [0.05, 0.1) is 17.0 Å². The first-order valence-corrected chi connectivity index (χ1v) is 10.9. The van der Waals surface area contributed by atoms with Gasteiger partial charge >= 0.3 is 6.18 Å². The fourth-order valence-electron chi connectivity index (χ4n) is 4.42. The minimum Gasteiger partial charge on any atom is -0.351 e. The van der Waals surface area contributed by atoms with Crippen molar-refractivity contribution in [3.05, 3.63) is 65.1 Å². The third-order valence-electron chi connectivity index (χ3n) is 6.17. The van der Waals surface area contributed by atoms with Gasteiger partial charge in [0.1, 0.15) is 0 Å². The van der Waals surface area contributed by atoms with Crippen LogP contribution < -0.4 is 5.32 Å². The van der Waals surface area contributed by atoms with Gasteiger partial charge in [-0.2, -0.15) is 18.3 Å². The van der Waals surface area contributed by atoms with Crippen molar-refractivity contribution >= 4 is 5.91 Å². The highest BCUT2D eigenvalue weighted by Crippen LogP contribution is 2.39. The summed E-state index contributed by atoms with van der Waals surface area (Å²) in [4.78, 5) is 25.6. The Morgan fingerprint density at radius 1 is 1.18 bits per heavy atom. The molecule has 0 aromatic carbocycles. The number of aryl methyl sites for hydroxylation is 2. The van der Waals surface area contributed by atoms with Crippen LogP contribution in [0.15, 0.2) is 36.9 Å². The quantitative estimate of drug-likeness (QED) is 0.615. The van der Waals surface area contributed by atoms with Crippen LogP contribution >= 0.6 is 0 Å². The second-order valence-corrected chi connectivity index (χ2v) is 8.52. The summed E-state index contributed by atoms with van der Waals surface area (Å²) in [5, 5.41) is 6.42. The Bertz CT molecular complexity index is 1140. The molecule has 1 N–H and O–H groups in total. The number of amides is 1. The van der Waals surface area contributed by atoms with Crippen molar-refractivity contribution in [1.82, 2.24) is 30.0 Å². The predicted octanol–water partition coefficient (Wildman–Crippen LogP) is 4.32. The van der Waals surface area contributed by atoms with Crippen LogP contribution in [0.3, 0.4) is 0 Å². The number of hydrogen-bond acceptors (Lipinski definition) is 5. The van der Waals surface area contributed by atoms with E-state index in [9.17, 15) is 18.0 Å². The zero-order valence-corrected chi connectivity index (χ0v) is 18.5. The van der Waals surface area contributed by atoms with Crippen LogP contribution in [-0.2, 0) is 11.6 Å². The summed E-state index contributed by atoms with van der Waals surface area (Å²) < 4.78 is 42.2. The molecule has 1 aliphatic rings. The van der Waals surface area contributed by atoms with E-state index < -0.39 is 23.3 Å². The Hall–Kier alpha value is -3.30. The van der Waals surface area contributed by atoms with Crippen LogP contribution in [0.5, 0.6) is 0 Å². The maximum atomic E-state index is 13.8. The normalized spacial score (nSPS) is 15.9. The summed E-state index contributed by atoms with van der Waals surface area (Å²) in [6.07, 6.45) is 5.99. The molecular weight excluding hydrogens is 433 g/mol. The van der Waals surface area contributed by atoms with Crippen LogP contribution in [0, 0.1) is 13.8 Å². The molecule has 0 unspecified atom stereocenters. The molecule has 1 fully saturated rings. The van der Waals surface area contributed by atoms with Crippen molar-refractivity contribution in [2.45, 2.75) is 57.5 Å². The van der Waals surface area contributed by atoms with E-state index in [1.165, 1.54) is 6.20 Å². The molecule has 0 radical (unpaired) electrons. The number of carbonyl (C=O) groups is 1. The van der Waals surface area contributed by atoms with Crippen LogP contribution in [0.1, 0.15) is 65.1 Å². The van der Waals surface area contributed by atoms with Gasteiger partial charge in [-0.25, -0.2) is 9.67 Å². The standard InChI is InChI=1S/C23H25F3N6O/c1-15-11-28-16(2)20(30-15)32-13-18(19(31-32)23(24,25)26)21(33)29-14-22(8-4-3-5-9-22)17-7-6-10-27-12-17/h6-7,10-13H,3-5,8-9,14H2,1-2H3,(H,29,33). The third kappa shape index (κ3) is 4.74. The maximum Gasteiger partial charge on any atom is 0.435 e. The summed E-state index contributed by atoms with van der Waals surface area (Å²) in [6.45, 7) is 3.53. The number of halogens is 3. The van der Waals surface area contributed by atoms with Crippen molar-refractivity contribution in [1.29, 1.82) is 0 Å². The average Bonchev–Trinajstić information content (AvgIpc) is 3.26. The largest absolute Gasteiger partial charge is 0.435 e. The molecule has 0 spiro atoms. The average molecular weight is 458 g/mol. The topological polar surface area (TPSA) is 85.6 Å². The Morgan fingerprint density at radius 3 is 2.61 bits per heavy atom. The molecular formula is C23H25F3N6O. The van der Waals surface area contributed by atoms with E-state index >= 15 is 0 Å². The molecule has 4 rings (SSSR count). The van der Waals surface area contributed by atoms with Gasteiger partial charge in [0.25, 0.3) is 5.91 Å². The van der Waals surface area contributed by atoms with E-state index in [0.29, 0.717) is 11.4 Å². The van der Waals surface area contributed by atoms with Gasteiger partial charge in [0, 0.05) is 36.7 Å². The second-order valence-electron chi connectivity index (χ2n) is 8.52. The summed E-state index contributed by atoms with van der Waals surface area (Å²) >= 11 is 0. The molecule has 3 heterocycles. The van der Waals surface area contributed by atoms with Crippen LogP contribution in [0.25, 0.3) is 5.82 Å². The molecule has 3 aromatic rings. The fourth-order valence-corrected chi connectivity index (χ4v) is 4.42. The summed E-state index contributed by atoms with van der Waals surface area (Å²) in [7, 11) is 0. The Balaban J connectivity index is 1.65. The lowest BCUT2D eigenvalue weighted by molar-refractivity contribution is -0.141. The van der Waals surface area contributed by atoms with Gasteiger partial charge in [0.2, 0.25) is 0 Å². The smallest absolute Gasteiger partial charge is 0.351 e. The molecule has 1 saturated carbocycles. The predicted molar refractivity (Wildman–Crippen MR) is 115 cm³/mol. The molecule has 174 valence electrons. The number of nitrogens with zero attached hydrogens (tertiary/aromatic N) is 5. The lowest BCUT2D eigenvalue weighted by Gasteiger charge is -2.37. The second kappa shape index (κ2) is 8.92. The number of hydrogen-bond donors (Lipinski definition) is 1. The van der Waals surface area contributed by atoms with Gasteiger partial charge in [-0.1, -0.05) is 25.3 Å². The zero-order chi connectivity index (χ0) is 23.6. The van der Waals surface area contributed by atoms with Crippen molar-refractivity contribution in [3.63, 3.8) is 0 Å². The van der Waals surface area contributed by atoms with Crippen LogP contribution in [0.2, 0.25) is 0 Å². The Kier molecular flexibility index (Phi) is 6.18. The molecule has 1 amide bonds. The number of pyridine rings is 1. The summed E-state index contributed by atoms with van der Waals surface area (Å²) in [5.41, 5.74) is -0.218. The number of alkyl halides is 3. The third-order valence-corrected chi connectivity index (χ3v) is 6.17. The number of carbonyl (C=O) groups excluding carboxylic acids is 1. The summed E-state index contributed by atoms with van der Waals surface area (Å²) in [5.74, 6) is -0.667. The monoisotopic (exact) mass is 458 g/mol. The Morgan fingerprint density at radius 2 is 1.94 bits per heavy atom. The van der Waals surface area contributed by atoms with Gasteiger partial charge in [0.15, 0.2) is 11.5 Å². The zero-order valence-electron chi connectivity index (χ0n) is 18.5. The highest BCUT2D eigenvalue weighted by atomic mass is 19.4. The van der Waals surface area contributed by atoms with Crippen molar-refractivity contribution < 1.29 is 18.0 Å². The first-order valence-electron chi connectivity index (χ1n) is 10.9. The minimum atomic E-state index is -4.80. The van der Waals surface area contributed by atoms with E-state index in [4.69, 9.17) is 0 Å². The molecule has 0 aliphatic heterocycles. The molecule has 7 nitrogen and oxygen atoms in total. The van der Waals surface area contributed by atoms with E-state index in [-0.39, 0.29) is 17.8 Å². The SMILES string of the molecule is Cc1cnc(C)c(-n2cc(C(=O)NCC3(c4cccnc4)CCCCC3)c(C(F)(F)F)n2)n1. The fraction of sp³-hybridized carbons (Fsp3) is 0.435. The van der Waals surface area contributed by atoms with E-state index in [1.807, 2.05) is 12.1 Å². The molecule has 3 aromatic heterocycles. The van der Waals surface area contributed by atoms with Crippen LogP contribution in [0.4, 0.5) is 13.2 Å². The van der Waals surface area contributed by atoms with Crippen LogP contribution in [-0.4, -0.2) is 37.2 Å². The van der Waals surface area contributed by atoms with E-state index in [1.54, 1.807) is 26.2 Å². The van der Waals surface area contributed by atoms with E-state index in [2.05, 4.69) is 25.4 Å². The van der Waals surface area contributed by atoms with E-state index in [0.717, 1.165) is 48.5 Å². The van der Waals surface area contributed by atoms with Gasteiger partial charge < -0.3 is 5.32 Å². The highest BCUT2D eigenvalue weighted by molar-refractivity contribution is 5.95. The lowest BCUT2D eigenvalue weighted by Crippen LogP contribution is -2.42. The highest BCUT2D eigenvalue weighted by Gasteiger charge is 2.41. The van der Waals surface area contributed by atoms with Crippen molar-refractivity contribution in [3.8, 4) is 5.82 Å².